The Morgan fingerprint density at radius 3 is 2.89 bits per heavy atom. The SMILES string of the molecule is [2H]C1([2H])OCc2ccccc21. The minimum atomic E-state index is -1.57. The fraction of sp³-hybridized carbons (Fsp3) is 0.250. The van der Waals surface area contributed by atoms with Gasteiger partial charge in [0.2, 0.25) is 0 Å². The summed E-state index contributed by atoms with van der Waals surface area (Å²) >= 11 is 0. The molecule has 1 aliphatic heterocycles. The van der Waals surface area contributed by atoms with E-state index in [9.17, 15) is 0 Å². The fourth-order valence-electron chi connectivity index (χ4n) is 0.937. The van der Waals surface area contributed by atoms with Crippen molar-refractivity contribution in [3.63, 3.8) is 0 Å². The minimum Gasteiger partial charge on any atom is -0.372 e. The highest BCUT2D eigenvalue weighted by molar-refractivity contribution is 5.27. The van der Waals surface area contributed by atoms with Gasteiger partial charge in [-0.25, -0.2) is 0 Å². The van der Waals surface area contributed by atoms with E-state index in [0.29, 0.717) is 12.2 Å². The monoisotopic (exact) mass is 122 g/mol. The third kappa shape index (κ3) is 0.736. The van der Waals surface area contributed by atoms with Crippen LogP contribution in [0.2, 0.25) is 0 Å². The van der Waals surface area contributed by atoms with Crippen molar-refractivity contribution < 1.29 is 7.48 Å². The number of benzene rings is 1. The molecule has 46 valence electrons. The Kier molecular flexibility index (Phi) is 0.693. The largest absolute Gasteiger partial charge is 0.372 e. The summed E-state index contributed by atoms with van der Waals surface area (Å²) in [6.45, 7) is -1.18. The highest BCUT2D eigenvalue weighted by atomic mass is 16.5. The van der Waals surface area contributed by atoms with Crippen molar-refractivity contribution in [3.05, 3.63) is 35.4 Å². The lowest BCUT2D eigenvalue weighted by Gasteiger charge is -1.90. The Morgan fingerprint density at radius 2 is 2.11 bits per heavy atom. The first-order chi connectivity index (χ1) is 5.20. The molecule has 1 nitrogen and oxygen atoms in total. The van der Waals surface area contributed by atoms with Crippen LogP contribution in [0.1, 0.15) is 13.9 Å². The Morgan fingerprint density at radius 1 is 1.33 bits per heavy atom. The van der Waals surface area contributed by atoms with Crippen molar-refractivity contribution in [1.29, 1.82) is 0 Å². The lowest BCUT2D eigenvalue weighted by atomic mass is 10.1. The normalized spacial score (nSPS) is 24.4. The number of hydrogen-bond donors (Lipinski definition) is 0. The topological polar surface area (TPSA) is 9.23 Å². The summed E-state index contributed by atoms with van der Waals surface area (Å²) in [7, 11) is 0. The van der Waals surface area contributed by atoms with Gasteiger partial charge < -0.3 is 4.74 Å². The summed E-state index contributed by atoms with van der Waals surface area (Å²) in [5, 5.41) is 0. The second kappa shape index (κ2) is 1.85. The van der Waals surface area contributed by atoms with E-state index in [2.05, 4.69) is 0 Å². The van der Waals surface area contributed by atoms with Crippen LogP contribution in [0.5, 0.6) is 0 Å². The Bertz CT molecular complexity index is 283. The molecule has 0 aromatic heterocycles. The molecule has 0 unspecified atom stereocenters. The van der Waals surface area contributed by atoms with Gasteiger partial charge in [-0.3, -0.25) is 0 Å². The molecule has 1 heterocycles. The van der Waals surface area contributed by atoms with E-state index in [0.717, 1.165) is 5.56 Å². The zero-order valence-electron chi connectivity index (χ0n) is 6.92. The van der Waals surface area contributed by atoms with Gasteiger partial charge in [0, 0.05) is 0 Å². The van der Waals surface area contributed by atoms with E-state index in [1.807, 2.05) is 18.2 Å². The average molecular weight is 122 g/mol. The van der Waals surface area contributed by atoms with Crippen LogP contribution in [0.15, 0.2) is 24.3 Å². The highest BCUT2D eigenvalue weighted by Crippen LogP contribution is 2.17. The Hall–Kier alpha value is -0.820. The standard InChI is InChI=1S/C8H8O/c1-2-4-8-6-9-5-7(8)3-1/h1-4H,5-6H2/i5D2. The molecular weight excluding hydrogens is 112 g/mol. The van der Waals surface area contributed by atoms with Crippen LogP contribution in [0.4, 0.5) is 0 Å². The molecule has 1 aliphatic rings. The maximum atomic E-state index is 7.41. The van der Waals surface area contributed by atoms with E-state index < -0.39 is 6.56 Å². The first-order valence-corrected chi connectivity index (χ1v) is 2.92. The second-order valence-corrected chi connectivity index (χ2v) is 2.05. The van der Waals surface area contributed by atoms with Crippen LogP contribution in [0, 0.1) is 0 Å². The van der Waals surface area contributed by atoms with Gasteiger partial charge >= 0.3 is 0 Å². The number of ether oxygens (including phenoxy) is 1. The van der Waals surface area contributed by atoms with Crippen molar-refractivity contribution >= 4 is 0 Å². The molecule has 0 saturated heterocycles. The molecule has 1 aromatic rings. The van der Waals surface area contributed by atoms with E-state index in [4.69, 9.17) is 7.48 Å². The van der Waals surface area contributed by atoms with E-state index >= 15 is 0 Å². The van der Waals surface area contributed by atoms with Gasteiger partial charge in [-0.05, 0) is 11.1 Å². The van der Waals surface area contributed by atoms with Crippen LogP contribution in [-0.2, 0) is 17.9 Å². The number of rotatable bonds is 0. The average Bonchev–Trinajstić information content (AvgIpc) is 2.29. The Balaban J connectivity index is 2.56. The molecule has 0 spiro atoms. The van der Waals surface area contributed by atoms with Crippen LogP contribution >= 0.6 is 0 Å². The van der Waals surface area contributed by atoms with Gasteiger partial charge in [-0.15, -0.1) is 0 Å². The molecule has 0 amide bonds. The quantitative estimate of drug-likeness (QED) is 0.509. The van der Waals surface area contributed by atoms with Gasteiger partial charge in [-0.2, -0.15) is 0 Å². The van der Waals surface area contributed by atoms with Crippen molar-refractivity contribution in [2.45, 2.75) is 13.2 Å². The summed E-state index contributed by atoms with van der Waals surface area (Å²) < 4.78 is 19.8. The first kappa shape index (κ1) is 3.37. The first-order valence-electron chi connectivity index (χ1n) is 3.92. The van der Waals surface area contributed by atoms with Crippen LogP contribution < -0.4 is 0 Å². The third-order valence-corrected chi connectivity index (χ3v) is 1.43. The molecule has 0 aliphatic carbocycles. The van der Waals surface area contributed by atoms with Crippen molar-refractivity contribution in [2.24, 2.45) is 0 Å². The second-order valence-electron chi connectivity index (χ2n) is 2.05. The zero-order valence-corrected chi connectivity index (χ0v) is 4.92. The number of fused-ring (bicyclic) bond motifs is 1. The molecule has 0 bridgehead atoms. The van der Waals surface area contributed by atoms with Gasteiger partial charge in [0.05, 0.1) is 15.9 Å². The maximum Gasteiger partial charge on any atom is 0.0724 e. The minimum absolute atomic E-state index is 0.392. The highest BCUT2D eigenvalue weighted by Gasteiger charge is 2.07. The molecule has 2 rings (SSSR count). The maximum absolute atomic E-state index is 7.41. The fourth-order valence-corrected chi connectivity index (χ4v) is 0.937. The smallest absolute Gasteiger partial charge is 0.0724 e. The van der Waals surface area contributed by atoms with Crippen LogP contribution in [-0.4, -0.2) is 0 Å². The van der Waals surface area contributed by atoms with E-state index in [1.165, 1.54) is 0 Å². The molecule has 0 saturated carbocycles. The molecule has 1 heteroatoms. The lowest BCUT2D eigenvalue weighted by molar-refractivity contribution is 0.134. The molecule has 0 N–H and O–H groups in total. The van der Waals surface area contributed by atoms with Crippen molar-refractivity contribution in [3.8, 4) is 0 Å². The number of hydrogen-bond acceptors (Lipinski definition) is 1. The third-order valence-electron chi connectivity index (χ3n) is 1.43. The summed E-state index contributed by atoms with van der Waals surface area (Å²) in [5.74, 6) is 0. The molecular formula is C8H8O. The van der Waals surface area contributed by atoms with Gasteiger partial charge in [0.25, 0.3) is 0 Å². The summed E-state index contributed by atoms with van der Waals surface area (Å²) in [6.07, 6.45) is 0. The molecule has 0 radical (unpaired) electrons. The summed E-state index contributed by atoms with van der Waals surface area (Å²) in [6, 6.07) is 7.37. The van der Waals surface area contributed by atoms with Crippen molar-refractivity contribution in [1.82, 2.24) is 0 Å². The molecule has 0 atom stereocenters. The van der Waals surface area contributed by atoms with Crippen LogP contribution in [0.25, 0.3) is 0 Å². The van der Waals surface area contributed by atoms with E-state index in [1.54, 1.807) is 6.07 Å². The molecule has 9 heavy (non-hydrogen) atoms. The predicted octanol–water partition coefficient (Wildman–Crippen LogP) is 1.72. The lowest BCUT2D eigenvalue weighted by Crippen LogP contribution is -1.77. The summed E-state index contributed by atoms with van der Waals surface area (Å²) in [4.78, 5) is 0. The summed E-state index contributed by atoms with van der Waals surface area (Å²) in [5.41, 5.74) is 1.62. The molecule has 0 fully saturated rings. The predicted molar refractivity (Wildman–Crippen MR) is 34.9 cm³/mol. The van der Waals surface area contributed by atoms with Crippen LogP contribution in [0.3, 0.4) is 0 Å². The molecule has 1 aromatic carbocycles. The Labute approximate surface area is 57.1 Å². The van der Waals surface area contributed by atoms with Gasteiger partial charge in [0.1, 0.15) is 0 Å². The van der Waals surface area contributed by atoms with Gasteiger partial charge in [-0.1, -0.05) is 24.3 Å². The zero-order chi connectivity index (χ0) is 7.90. The van der Waals surface area contributed by atoms with Crippen molar-refractivity contribution in [2.75, 3.05) is 0 Å². The van der Waals surface area contributed by atoms with E-state index in [-0.39, 0.29) is 0 Å². The van der Waals surface area contributed by atoms with Gasteiger partial charge in [0.15, 0.2) is 0 Å².